The van der Waals surface area contributed by atoms with Crippen molar-refractivity contribution in [1.29, 1.82) is 0 Å². The van der Waals surface area contributed by atoms with E-state index in [0.29, 0.717) is 6.61 Å². The van der Waals surface area contributed by atoms with Crippen LogP contribution in [-0.2, 0) is 16.1 Å². The van der Waals surface area contributed by atoms with Gasteiger partial charge in [-0.3, -0.25) is 0 Å². The van der Waals surface area contributed by atoms with Crippen LogP contribution in [0.2, 0.25) is 0 Å². The molecule has 2 heteroatoms. The van der Waals surface area contributed by atoms with E-state index >= 15 is 0 Å². The van der Waals surface area contributed by atoms with E-state index in [1.807, 2.05) is 42.5 Å². The first kappa shape index (κ1) is 11.2. The molecule has 0 amide bonds. The molecular weight excluding hydrogens is 212 g/mol. The Labute approximate surface area is 100 Å². The number of esters is 1. The van der Waals surface area contributed by atoms with Gasteiger partial charge in [-0.1, -0.05) is 36.4 Å². The van der Waals surface area contributed by atoms with Gasteiger partial charge in [0.1, 0.15) is 6.61 Å². The minimum Gasteiger partial charge on any atom is -0.458 e. The first-order chi connectivity index (χ1) is 8.34. The minimum absolute atomic E-state index is 0.300. The number of ether oxygens (including phenoxy) is 1. The van der Waals surface area contributed by atoms with Crippen molar-refractivity contribution in [2.75, 3.05) is 0 Å². The highest BCUT2D eigenvalue weighted by atomic mass is 16.5. The highest BCUT2D eigenvalue weighted by Gasteiger charge is 1.98. The molecule has 0 saturated carbocycles. The largest absolute Gasteiger partial charge is 0.458 e. The summed E-state index contributed by atoms with van der Waals surface area (Å²) in [5.74, 6) is -0.344. The molecule has 0 spiro atoms. The Hall–Kier alpha value is -2.31. The molecular formula is C15H12O2. The van der Waals surface area contributed by atoms with E-state index in [0.717, 1.165) is 11.1 Å². The van der Waals surface area contributed by atoms with Crippen LogP contribution >= 0.6 is 0 Å². The summed E-state index contributed by atoms with van der Waals surface area (Å²) in [6.45, 7) is 0.300. The average molecular weight is 224 g/mol. The zero-order valence-electron chi connectivity index (χ0n) is 9.30. The molecule has 84 valence electrons. The van der Waals surface area contributed by atoms with Gasteiger partial charge in [0.15, 0.2) is 0 Å². The van der Waals surface area contributed by atoms with E-state index in [1.54, 1.807) is 12.2 Å². The first-order valence-electron chi connectivity index (χ1n) is 5.37. The van der Waals surface area contributed by atoms with Gasteiger partial charge < -0.3 is 4.74 Å². The maximum atomic E-state index is 11.4. The van der Waals surface area contributed by atoms with Crippen molar-refractivity contribution in [3.63, 3.8) is 0 Å². The van der Waals surface area contributed by atoms with E-state index in [4.69, 9.17) is 4.74 Å². The molecule has 2 rings (SSSR count). The van der Waals surface area contributed by atoms with E-state index in [2.05, 4.69) is 5.73 Å². The Morgan fingerprint density at radius 3 is 2.82 bits per heavy atom. The summed E-state index contributed by atoms with van der Waals surface area (Å²) in [5, 5.41) is 0. The van der Waals surface area contributed by atoms with Gasteiger partial charge in [0.05, 0.1) is 0 Å². The van der Waals surface area contributed by atoms with Crippen LogP contribution in [0, 0.1) is 0 Å². The Morgan fingerprint density at radius 2 is 2.12 bits per heavy atom. The van der Waals surface area contributed by atoms with Gasteiger partial charge in [0, 0.05) is 11.6 Å². The number of allylic oxidation sites excluding steroid dienone is 4. The van der Waals surface area contributed by atoms with Gasteiger partial charge in [-0.05, 0) is 23.8 Å². The van der Waals surface area contributed by atoms with Crippen molar-refractivity contribution in [3.8, 4) is 0 Å². The fraction of sp³-hybridized carbons (Fsp3) is 0.0667. The van der Waals surface area contributed by atoms with Gasteiger partial charge in [-0.25, -0.2) is 4.79 Å². The summed E-state index contributed by atoms with van der Waals surface area (Å²) in [6.07, 6.45) is 8.65. The van der Waals surface area contributed by atoms with Crippen LogP contribution in [0.25, 0.3) is 0 Å². The lowest BCUT2D eigenvalue weighted by atomic mass is 10.2. The number of benzene rings is 1. The SMILES string of the molecule is O=C(/C=C/C1=C=CC=C1)OCc1ccccc1. The van der Waals surface area contributed by atoms with E-state index in [-0.39, 0.29) is 5.97 Å². The summed E-state index contributed by atoms with van der Waals surface area (Å²) in [5.41, 5.74) is 4.83. The lowest BCUT2D eigenvalue weighted by molar-refractivity contribution is -0.139. The molecule has 0 heterocycles. The molecule has 0 aliphatic heterocycles. The van der Waals surface area contributed by atoms with Crippen LogP contribution in [0.5, 0.6) is 0 Å². The number of carbonyl (C=O) groups is 1. The molecule has 1 aliphatic carbocycles. The molecule has 1 aromatic rings. The summed E-state index contributed by atoms with van der Waals surface area (Å²) in [4.78, 5) is 11.4. The Kier molecular flexibility index (Phi) is 3.74. The monoisotopic (exact) mass is 224 g/mol. The lowest BCUT2D eigenvalue weighted by Crippen LogP contribution is -2.00. The molecule has 1 aromatic carbocycles. The second-order valence-corrected chi connectivity index (χ2v) is 3.55. The summed E-state index contributed by atoms with van der Waals surface area (Å²) >= 11 is 0. The fourth-order valence-corrected chi connectivity index (χ4v) is 1.38. The number of carbonyl (C=O) groups excluding carboxylic acids is 1. The number of hydrogen-bond donors (Lipinski definition) is 0. The van der Waals surface area contributed by atoms with Crippen LogP contribution in [-0.4, -0.2) is 5.97 Å². The standard InChI is InChI=1S/C15H12O2/c16-15(11-10-13-6-4-5-7-13)17-12-14-8-2-1-3-9-14/h1-6,8-11H,12H2/b11-10+. The summed E-state index contributed by atoms with van der Waals surface area (Å²) in [6, 6.07) is 9.59. The zero-order valence-corrected chi connectivity index (χ0v) is 9.30. The average Bonchev–Trinajstić information content (AvgIpc) is 2.88. The van der Waals surface area contributed by atoms with Crippen molar-refractivity contribution in [1.82, 2.24) is 0 Å². The maximum Gasteiger partial charge on any atom is 0.331 e. The number of rotatable bonds is 4. The van der Waals surface area contributed by atoms with Gasteiger partial charge in [-0.15, -0.1) is 5.73 Å². The molecule has 17 heavy (non-hydrogen) atoms. The predicted octanol–water partition coefficient (Wildman–Crippen LogP) is 2.94. The molecule has 0 bridgehead atoms. The van der Waals surface area contributed by atoms with Crippen LogP contribution < -0.4 is 0 Å². The van der Waals surface area contributed by atoms with E-state index < -0.39 is 0 Å². The lowest BCUT2D eigenvalue weighted by Gasteiger charge is -2.01. The zero-order chi connectivity index (χ0) is 11.9. The quantitative estimate of drug-likeness (QED) is 0.446. The summed E-state index contributed by atoms with van der Waals surface area (Å²) in [7, 11) is 0. The second-order valence-electron chi connectivity index (χ2n) is 3.55. The topological polar surface area (TPSA) is 26.3 Å². The maximum absolute atomic E-state index is 11.4. The van der Waals surface area contributed by atoms with Crippen LogP contribution in [0.15, 0.2) is 72.0 Å². The Bertz CT molecular complexity index is 515. The third-order valence-electron chi connectivity index (χ3n) is 2.24. The van der Waals surface area contributed by atoms with Gasteiger partial charge in [0.25, 0.3) is 0 Å². The van der Waals surface area contributed by atoms with E-state index in [1.165, 1.54) is 6.08 Å². The molecule has 0 radical (unpaired) electrons. The molecule has 1 aliphatic rings. The molecule has 2 nitrogen and oxygen atoms in total. The normalized spacial score (nSPS) is 13.1. The van der Waals surface area contributed by atoms with Crippen LogP contribution in [0.3, 0.4) is 0 Å². The minimum atomic E-state index is -0.344. The molecule has 0 saturated heterocycles. The molecule has 0 N–H and O–H groups in total. The number of hydrogen-bond acceptors (Lipinski definition) is 2. The Balaban J connectivity index is 1.82. The third kappa shape index (κ3) is 3.63. The smallest absolute Gasteiger partial charge is 0.331 e. The van der Waals surface area contributed by atoms with Gasteiger partial charge >= 0.3 is 5.97 Å². The third-order valence-corrected chi connectivity index (χ3v) is 2.24. The van der Waals surface area contributed by atoms with Crippen molar-refractivity contribution in [3.05, 3.63) is 77.6 Å². The second kappa shape index (κ2) is 5.69. The van der Waals surface area contributed by atoms with Gasteiger partial charge in [0.2, 0.25) is 0 Å². The first-order valence-corrected chi connectivity index (χ1v) is 5.37. The predicted molar refractivity (Wildman–Crippen MR) is 66.1 cm³/mol. The molecule has 0 atom stereocenters. The van der Waals surface area contributed by atoms with Crippen molar-refractivity contribution >= 4 is 5.97 Å². The van der Waals surface area contributed by atoms with E-state index in [9.17, 15) is 4.79 Å². The Morgan fingerprint density at radius 1 is 1.29 bits per heavy atom. The fourth-order valence-electron chi connectivity index (χ4n) is 1.38. The highest BCUT2D eigenvalue weighted by Crippen LogP contribution is 2.04. The molecule has 0 unspecified atom stereocenters. The summed E-state index contributed by atoms with van der Waals surface area (Å²) < 4.78 is 5.09. The van der Waals surface area contributed by atoms with Crippen LogP contribution in [0.1, 0.15) is 5.56 Å². The molecule has 0 fully saturated rings. The highest BCUT2D eigenvalue weighted by molar-refractivity contribution is 5.82. The van der Waals surface area contributed by atoms with Crippen molar-refractivity contribution < 1.29 is 9.53 Å². The van der Waals surface area contributed by atoms with Gasteiger partial charge in [-0.2, -0.15) is 0 Å². The molecule has 0 aromatic heterocycles. The van der Waals surface area contributed by atoms with Crippen molar-refractivity contribution in [2.45, 2.75) is 6.61 Å². The van der Waals surface area contributed by atoms with Crippen molar-refractivity contribution in [2.24, 2.45) is 0 Å². The van der Waals surface area contributed by atoms with Crippen LogP contribution in [0.4, 0.5) is 0 Å².